The Morgan fingerprint density at radius 2 is 2.14 bits per heavy atom. The van der Waals surface area contributed by atoms with E-state index in [2.05, 4.69) is 11.9 Å². The topological polar surface area (TPSA) is 29.5 Å². The molecule has 0 aliphatic carbocycles. The molecule has 1 atom stereocenters. The van der Waals surface area contributed by atoms with Crippen LogP contribution >= 0.6 is 0 Å². The predicted octanol–water partition coefficient (Wildman–Crippen LogP) is 1.71. The summed E-state index contributed by atoms with van der Waals surface area (Å²) >= 11 is 0. The molecule has 3 nitrogen and oxygen atoms in total. The third-order valence-corrected chi connectivity index (χ3v) is 2.10. The Hall–Kier alpha value is -0.410. The third kappa shape index (κ3) is 6.11. The van der Waals surface area contributed by atoms with Crippen molar-refractivity contribution in [2.24, 2.45) is 0 Å². The van der Waals surface area contributed by atoms with Crippen molar-refractivity contribution in [2.75, 3.05) is 26.7 Å². The number of nitrogens with zero attached hydrogens (tertiary/aromatic N) is 1. The Labute approximate surface area is 87.4 Å². The maximum atomic E-state index is 10.6. The van der Waals surface area contributed by atoms with E-state index in [1.807, 2.05) is 13.8 Å². The van der Waals surface area contributed by atoms with Gasteiger partial charge in [0.1, 0.15) is 6.61 Å². The van der Waals surface area contributed by atoms with Crippen LogP contribution in [-0.2, 0) is 9.53 Å². The highest BCUT2D eigenvalue weighted by Crippen LogP contribution is 2.10. The zero-order valence-corrected chi connectivity index (χ0v) is 9.88. The van der Waals surface area contributed by atoms with Gasteiger partial charge in [-0.25, -0.2) is 0 Å². The molecule has 1 aliphatic rings. The summed E-state index contributed by atoms with van der Waals surface area (Å²) in [7, 11) is 2.09. The molecule has 1 unspecified atom stereocenters. The molecule has 0 N–H and O–H groups in total. The van der Waals surface area contributed by atoms with Crippen molar-refractivity contribution in [3.8, 4) is 0 Å². The SMILES string of the molecule is CC.CC(=O)COC1CCCN(C)C1. The Morgan fingerprint density at radius 1 is 1.50 bits per heavy atom. The van der Waals surface area contributed by atoms with E-state index in [1.165, 1.54) is 6.42 Å². The van der Waals surface area contributed by atoms with E-state index in [0.29, 0.717) is 0 Å². The van der Waals surface area contributed by atoms with Gasteiger partial charge >= 0.3 is 0 Å². The van der Waals surface area contributed by atoms with Crippen LogP contribution in [0.5, 0.6) is 0 Å². The van der Waals surface area contributed by atoms with Crippen LogP contribution in [0.1, 0.15) is 33.6 Å². The molecule has 0 aromatic rings. The molecule has 1 saturated heterocycles. The van der Waals surface area contributed by atoms with Crippen LogP contribution in [-0.4, -0.2) is 43.5 Å². The van der Waals surface area contributed by atoms with Crippen molar-refractivity contribution in [2.45, 2.75) is 39.7 Å². The molecule has 0 radical (unpaired) electrons. The predicted molar refractivity (Wildman–Crippen MR) is 58.5 cm³/mol. The van der Waals surface area contributed by atoms with Gasteiger partial charge in [-0.1, -0.05) is 13.8 Å². The van der Waals surface area contributed by atoms with Crippen LogP contribution in [0.2, 0.25) is 0 Å². The first-order chi connectivity index (χ1) is 6.68. The quantitative estimate of drug-likeness (QED) is 0.696. The second-order valence-corrected chi connectivity index (χ2v) is 3.54. The fraction of sp³-hybridized carbons (Fsp3) is 0.909. The van der Waals surface area contributed by atoms with Crippen LogP contribution in [0.15, 0.2) is 0 Å². The van der Waals surface area contributed by atoms with Gasteiger partial charge in [0.2, 0.25) is 0 Å². The molecular weight excluding hydrogens is 178 g/mol. The average Bonchev–Trinajstić information content (AvgIpc) is 2.18. The fourth-order valence-electron chi connectivity index (χ4n) is 1.49. The lowest BCUT2D eigenvalue weighted by Crippen LogP contribution is -2.37. The van der Waals surface area contributed by atoms with Gasteiger partial charge in [-0.05, 0) is 33.4 Å². The van der Waals surface area contributed by atoms with Crippen molar-refractivity contribution in [3.63, 3.8) is 0 Å². The molecule has 1 aliphatic heterocycles. The molecule has 0 bridgehead atoms. The van der Waals surface area contributed by atoms with Gasteiger partial charge in [0.25, 0.3) is 0 Å². The maximum Gasteiger partial charge on any atom is 0.155 e. The highest BCUT2D eigenvalue weighted by molar-refractivity contribution is 5.76. The number of ketones is 1. The lowest BCUT2D eigenvalue weighted by atomic mass is 10.1. The van der Waals surface area contributed by atoms with Crippen molar-refractivity contribution < 1.29 is 9.53 Å². The average molecular weight is 201 g/mol. The van der Waals surface area contributed by atoms with E-state index < -0.39 is 0 Å². The van der Waals surface area contributed by atoms with Gasteiger partial charge in [-0.2, -0.15) is 0 Å². The van der Waals surface area contributed by atoms with Gasteiger partial charge < -0.3 is 9.64 Å². The van der Waals surface area contributed by atoms with Crippen molar-refractivity contribution in [1.29, 1.82) is 0 Å². The monoisotopic (exact) mass is 201 g/mol. The smallest absolute Gasteiger partial charge is 0.155 e. The van der Waals surface area contributed by atoms with Crippen molar-refractivity contribution in [3.05, 3.63) is 0 Å². The first-order valence-electron chi connectivity index (χ1n) is 5.48. The lowest BCUT2D eigenvalue weighted by molar-refractivity contribution is -0.124. The fourth-order valence-corrected chi connectivity index (χ4v) is 1.49. The molecule has 0 aromatic carbocycles. The van der Waals surface area contributed by atoms with Gasteiger partial charge in [0, 0.05) is 6.54 Å². The molecule has 1 rings (SSSR count). The second kappa shape index (κ2) is 7.94. The van der Waals surface area contributed by atoms with E-state index >= 15 is 0 Å². The number of Topliss-reactive ketones (excluding diaryl/α,β-unsaturated/α-hetero) is 1. The number of likely N-dealkylation sites (tertiary alicyclic amines) is 1. The summed E-state index contributed by atoms with van der Waals surface area (Å²) < 4.78 is 5.42. The van der Waals surface area contributed by atoms with E-state index in [4.69, 9.17) is 4.74 Å². The maximum absolute atomic E-state index is 10.6. The molecule has 0 amide bonds. The number of ether oxygens (including phenoxy) is 1. The molecule has 0 saturated carbocycles. The summed E-state index contributed by atoms with van der Waals surface area (Å²) in [6.07, 6.45) is 2.55. The third-order valence-electron chi connectivity index (χ3n) is 2.10. The van der Waals surface area contributed by atoms with E-state index in [9.17, 15) is 4.79 Å². The molecule has 0 spiro atoms. The normalized spacial score (nSPS) is 22.4. The van der Waals surface area contributed by atoms with Crippen molar-refractivity contribution in [1.82, 2.24) is 4.90 Å². The number of hydrogen-bond donors (Lipinski definition) is 0. The summed E-state index contributed by atoms with van der Waals surface area (Å²) in [5.41, 5.74) is 0. The van der Waals surface area contributed by atoms with Gasteiger partial charge in [0.05, 0.1) is 6.10 Å². The number of rotatable bonds is 3. The van der Waals surface area contributed by atoms with E-state index in [0.717, 1.165) is 19.5 Å². The molecular formula is C11H23NO2. The minimum Gasteiger partial charge on any atom is -0.369 e. The molecule has 0 aromatic heterocycles. The Bertz CT molecular complexity index is 159. The Morgan fingerprint density at radius 3 is 2.64 bits per heavy atom. The highest BCUT2D eigenvalue weighted by Gasteiger charge is 2.17. The van der Waals surface area contributed by atoms with Crippen LogP contribution in [0.25, 0.3) is 0 Å². The first-order valence-corrected chi connectivity index (χ1v) is 5.48. The van der Waals surface area contributed by atoms with E-state index in [-0.39, 0.29) is 18.5 Å². The van der Waals surface area contributed by atoms with Crippen LogP contribution in [0, 0.1) is 0 Å². The summed E-state index contributed by atoms with van der Waals surface area (Å²) in [4.78, 5) is 12.9. The van der Waals surface area contributed by atoms with Crippen LogP contribution in [0.4, 0.5) is 0 Å². The van der Waals surface area contributed by atoms with Gasteiger partial charge in [-0.3, -0.25) is 4.79 Å². The molecule has 3 heteroatoms. The molecule has 14 heavy (non-hydrogen) atoms. The van der Waals surface area contributed by atoms with Gasteiger partial charge in [-0.15, -0.1) is 0 Å². The number of piperidine rings is 1. The summed E-state index contributed by atoms with van der Waals surface area (Å²) in [6.45, 7) is 7.96. The standard InChI is InChI=1S/C9H17NO2.C2H6/c1-8(11)7-12-9-4-3-5-10(2)6-9;1-2/h9H,3-7H2,1-2H3;1-2H3. The Balaban J connectivity index is 0.000000791. The molecule has 1 heterocycles. The number of likely N-dealkylation sites (N-methyl/N-ethyl adjacent to an activating group) is 1. The second-order valence-electron chi connectivity index (χ2n) is 3.54. The van der Waals surface area contributed by atoms with Gasteiger partial charge in [0.15, 0.2) is 5.78 Å². The minimum absolute atomic E-state index is 0.114. The molecule has 84 valence electrons. The Kier molecular flexibility index (Phi) is 7.71. The highest BCUT2D eigenvalue weighted by atomic mass is 16.5. The zero-order valence-electron chi connectivity index (χ0n) is 9.88. The summed E-state index contributed by atoms with van der Waals surface area (Å²) in [6, 6.07) is 0. The number of hydrogen-bond acceptors (Lipinski definition) is 3. The number of carbonyl (C=O) groups is 1. The summed E-state index contributed by atoms with van der Waals surface area (Å²) in [5, 5.41) is 0. The van der Waals surface area contributed by atoms with E-state index in [1.54, 1.807) is 6.92 Å². The lowest BCUT2D eigenvalue weighted by Gasteiger charge is -2.29. The zero-order chi connectivity index (χ0) is 11.0. The number of carbonyl (C=O) groups excluding carboxylic acids is 1. The summed E-state index contributed by atoms with van der Waals surface area (Å²) in [5.74, 6) is 0.114. The minimum atomic E-state index is 0.114. The first kappa shape index (κ1) is 13.6. The molecule has 1 fully saturated rings. The van der Waals surface area contributed by atoms with Crippen molar-refractivity contribution >= 4 is 5.78 Å². The van der Waals surface area contributed by atoms with Crippen LogP contribution < -0.4 is 0 Å². The van der Waals surface area contributed by atoms with Crippen LogP contribution in [0.3, 0.4) is 0 Å². The largest absolute Gasteiger partial charge is 0.369 e.